The number of amides is 1. The summed E-state index contributed by atoms with van der Waals surface area (Å²) < 4.78 is 23.7. The van der Waals surface area contributed by atoms with Crippen LogP contribution in [0.15, 0.2) is 0 Å². The summed E-state index contributed by atoms with van der Waals surface area (Å²) in [7, 11) is -2.48. The van der Waals surface area contributed by atoms with Crippen molar-refractivity contribution in [3.63, 3.8) is 0 Å². The number of aliphatic hydroxyl groups excluding tert-OH is 3. The minimum Gasteiger partial charge on any atom is -0.390 e. The molecule has 0 aliphatic rings. The molecule has 0 rings (SSSR count). The molecular formula is C8H17FNO6P. The highest BCUT2D eigenvalue weighted by atomic mass is 31.1. The molecule has 2 unspecified atom stereocenters. The van der Waals surface area contributed by atoms with E-state index in [9.17, 15) is 29.1 Å². The number of hydrogen-bond acceptors (Lipinski definition) is 6. The van der Waals surface area contributed by atoms with Crippen LogP contribution in [-0.2, 0) is 9.36 Å². The molecule has 0 radical (unpaired) electrons. The first-order valence-corrected chi connectivity index (χ1v) is 6.87. The molecule has 0 aliphatic carbocycles. The Morgan fingerprint density at radius 3 is 2.29 bits per heavy atom. The molecule has 0 aromatic rings. The number of alkyl halides is 1. The summed E-state index contributed by atoms with van der Waals surface area (Å²) >= 11 is 0. The summed E-state index contributed by atoms with van der Waals surface area (Å²) in [6.45, 7) is 0.548. The molecule has 0 saturated carbocycles. The zero-order valence-corrected chi connectivity index (χ0v) is 10.2. The van der Waals surface area contributed by atoms with Crippen LogP contribution in [0.3, 0.4) is 0 Å². The minimum atomic E-state index is -2.48. The maximum Gasteiger partial charge on any atom is 0.233 e. The first-order valence-electron chi connectivity index (χ1n) is 4.89. The lowest BCUT2D eigenvalue weighted by Crippen LogP contribution is -2.44. The van der Waals surface area contributed by atoms with Crippen LogP contribution in [-0.4, -0.2) is 69.4 Å². The standard InChI is InChI=1S/C8H17FNO6P/c1-17(16)7(9)2-5(12)8(14)6(13)3-10(15)4-11/h4-8,12-15,17H,2-3H2,1H3/t5-,6+,7?,8-/m1/s1. The second kappa shape index (κ2) is 7.73. The molecule has 102 valence electrons. The SMILES string of the molecule is C[PH](=O)C(F)C[C@@H](O)[C@@H](O)[C@@H](O)CN(O)C=O. The lowest BCUT2D eigenvalue weighted by Gasteiger charge is -2.24. The quantitative estimate of drug-likeness (QED) is 0.191. The van der Waals surface area contributed by atoms with Crippen molar-refractivity contribution < 1.29 is 34.3 Å². The van der Waals surface area contributed by atoms with Crippen molar-refractivity contribution in [1.29, 1.82) is 0 Å². The van der Waals surface area contributed by atoms with Gasteiger partial charge < -0.3 is 19.9 Å². The Bertz CT molecular complexity index is 268. The van der Waals surface area contributed by atoms with E-state index in [4.69, 9.17) is 5.21 Å². The number of aliphatic hydroxyl groups is 3. The van der Waals surface area contributed by atoms with Gasteiger partial charge in [-0.25, -0.2) is 9.45 Å². The Hall–Kier alpha value is -0.530. The molecule has 1 amide bonds. The second-order valence-electron chi connectivity index (χ2n) is 3.67. The van der Waals surface area contributed by atoms with Gasteiger partial charge in [-0.3, -0.25) is 10.0 Å². The highest BCUT2D eigenvalue weighted by Crippen LogP contribution is 2.28. The van der Waals surface area contributed by atoms with Crippen LogP contribution in [0.4, 0.5) is 4.39 Å². The summed E-state index contributed by atoms with van der Waals surface area (Å²) in [5.41, 5.74) is 0. The van der Waals surface area contributed by atoms with E-state index in [1.165, 1.54) is 6.66 Å². The maximum absolute atomic E-state index is 13.0. The monoisotopic (exact) mass is 273 g/mol. The number of hydrogen-bond donors (Lipinski definition) is 4. The van der Waals surface area contributed by atoms with Gasteiger partial charge in [0.1, 0.15) is 20.0 Å². The molecule has 0 aromatic carbocycles. The molecule has 17 heavy (non-hydrogen) atoms. The third-order valence-electron chi connectivity index (χ3n) is 2.17. The number of halogens is 1. The van der Waals surface area contributed by atoms with E-state index in [0.717, 1.165) is 0 Å². The number of rotatable bonds is 8. The Morgan fingerprint density at radius 1 is 1.35 bits per heavy atom. The Kier molecular flexibility index (Phi) is 7.49. The van der Waals surface area contributed by atoms with Crippen molar-refractivity contribution in [3.05, 3.63) is 0 Å². The summed E-state index contributed by atoms with van der Waals surface area (Å²) in [6.07, 6.45) is -5.59. The van der Waals surface area contributed by atoms with Crippen molar-refractivity contribution in [2.45, 2.75) is 30.6 Å². The van der Waals surface area contributed by atoms with E-state index in [2.05, 4.69) is 0 Å². The van der Waals surface area contributed by atoms with Crippen molar-refractivity contribution >= 4 is 14.2 Å². The van der Waals surface area contributed by atoms with Gasteiger partial charge in [-0.2, -0.15) is 0 Å². The number of carbonyl (C=O) groups is 1. The lowest BCUT2D eigenvalue weighted by molar-refractivity contribution is -0.163. The predicted molar refractivity (Wildman–Crippen MR) is 57.0 cm³/mol. The number of nitrogens with zero attached hydrogens (tertiary/aromatic N) is 1. The molecule has 7 nitrogen and oxygen atoms in total. The maximum atomic E-state index is 13.0. The van der Waals surface area contributed by atoms with Crippen LogP contribution < -0.4 is 0 Å². The number of carbonyl (C=O) groups excluding carboxylic acids is 1. The average molecular weight is 273 g/mol. The van der Waals surface area contributed by atoms with Crippen molar-refractivity contribution in [1.82, 2.24) is 5.06 Å². The summed E-state index contributed by atoms with van der Waals surface area (Å²) in [5, 5.41) is 36.8. The Balaban J connectivity index is 4.23. The summed E-state index contributed by atoms with van der Waals surface area (Å²) in [4.78, 5) is 10.0. The fraction of sp³-hybridized carbons (Fsp3) is 0.875. The van der Waals surface area contributed by atoms with E-state index >= 15 is 0 Å². The molecule has 0 spiro atoms. The predicted octanol–water partition coefficient (Wildman–Crippen LogP) is -1.21. The zero-order valence-electron chi connectivity index (χ0n) is 9.23. The third-order valence-corrected chi connectivity index (χ3v) is 3.29. The Morgan fingerprint density at radius 2 is 1.88 bits per heavy atom. The normalized spacial score (nSPS) is 20.1. The zero-order chi connectivity index (χ0) is 13.6. The molecule has 0 bridgehead atoms. The Labute approximate surface area is 98.2 Å². The van der Waals surface area contributed by atoms with Crippen LogP contribution in [0.25, 0.3) is 0 Å². The number of hydroxylamine groups is 2. The molecule has 0 saturated heterocycles. The molecule has 0 aliphatic heterocycles. The molecule has 4 N–H and O–H groups in total. The van der Waals surface area contributed by atoms with Crippen LogP contribution >= 0.6 is 7.80 Å². The fourth-order valence-electron chi connectivity index (χ4n) is 1.12. The largest absolute Gasteiger partial charge is 0.390 e. The molecular weight excluding hydrogens is 256 g/mol. The highest BCUT2D eigenvalue weighted by Gasteiger charge is 2.29. The van der Waals surface area contributed by atoms with Crippen LogP contribution in [0.2, 0.25) is 0 Å². The van der Waals surface area contributed by atoms with Crippen LogP contribution in [0.5, 0.6) is 0 Å². The summed E-state index contributed by atoms with van der Waals surface area (Å²) in [6, 6.07) is 0. The third kappa shape index (κ3) is 6.09. The van der Waals surface area contributed by atoms with Gasteiger partial charge in [0.25, 0.3) is 0 Å². The van der Waals surface area contributed by atoms with Crippen molar-refractivity contribution in [2.24, 2.45) is 0 Å². The average Bonchev–Trinajstić information content (AvgIpc) is 2.27. The molecule has 0 heterocycles. The van der Waals surface area contributed by atoms with Crippen LogP contribution in [0.1, 0.15) is 6.42 Å². The van der Waals surface area contributed by atoms with Gasteiger partial charge in [0, 0.05) is 6.42 Å². The van der Waals surface area contributed by atoms with Gasteiger partial charge >= 0.3 is 0 Å². The van der Waals surface area contributed by atoms with Gasteiger partial charge in [0.05, 0.1) is 12.6 Å². The second-order valence-corrected chi connectivity index (χ2v) is 5.51. The minimum absolute atomic E-state index is 0.00503. The topological polar surface area (TPSA) is 118 Å². The van der Waals surface area contributed by atoms with Gasteiger partial charge in [-0.05, 0) is 6.66 Å². The van der Waals surface area contributed by atoms with E-state index in [1.54, 1.807) is 0 Å². The molecule has 9 heteroatoms. The van der Waals surface area contributed by atoms with Crippen molar-refractivity contribution in [3.8, 4) is 0 Å². The van der Waals surface area contributed by atoms with Gasteiger partial charge in [0.15, 0.2) is 5.91 Å². The van der Waals surface area contributed by atoms with Gasteiger partial charge in [-0.15, -0.1) is 0 Å². The van der Waals surface area contributed by atoms with E-state index < -0.39 is 45.0 Å². The fourth-order valence-corrected chi connectivity index (χ4v) is 1.69. The molecule has 0 aromatic heterocycles. The van der Waals surface area contributed by atoms with Crippen LogP contribution in [0, 0.1) is 0 Å². The van der Waals surface area contributed by atoms with Gasteiger partial charge in [-0.1, -0.05) is 0 Å². The van der Waals surface area contributed by atoms with E-state index in [1.807, 2.05) is 0 Å². The molecule has 0 fully saturated rings. The molecule has 5 atom stereocenters. The van der Waals surface area contributed by atoms with E-state index in [-0.39, 0.29) is 11.5 Å². The summed E-state index contributed by atoms with van der Waals surface area (Å²) in [5.74, 6) is -1.76. The highest BCUT2D eigenvalue weighted by molar-refractivity contribution is 7.44. The first kappa shape index (κ1) is 16.5. The first-order chi connectivity index (χ1) is 7.79. The lowest BCUT2D eigenvalue weighted by atomic mass is 10.1. The van der Waals surface area contributed by atoms with Crippen molar-refractivity contribution in [2.75, 3.05) is 13.2 Å². The van der Waals surface area contributed by atoms with Gasteiger partial charge in [0.2, 0.25) is 6.41 Å². The van der Waals surface area contributed by atoms with E-state index in [0.29, 0.717) is 0 Å². The smallest absolute Gasteiger partial charge is 0.233 e.